The number of benzene rings is 1. The van der Waals surface area contributed by atoms with Crippen LogP contribution in [0.4, 0.5) is 16.2 Å². The molecule has 6 heteroatoms. The van der Waals surface area contributed by atoms with Gasteiger partial charge in [0.1, 0.15) is 0 Å². The molecule has 4 nitrogen and oxygen atoms in total. The van der Waals surface area contributed by atoms with Crippen molar-refractivity contribution in [3.05, 3.63) is 44.6 Å². The van der Waals surface area contributed by atoms with Crippen LogP contribution in [0.5, 0.6) is 0 Å². The number of carbonyl (C=O) groups is 1. The molecular weight excluding hydrogens is 350 g/mol. The second-order valence-electron chi connectivity index (χ2n) is 4.90. The minimum absolute atomic E-state index is 0.0189. The first-order valence-electron chi connectivity index (χ1n) is 6.77. The lowest BCUT2D eigenvalue weighted by molar-refractivity contribution is 0.252. The van der Waals surface area contributed by atoms with Gasteiger partial charge in [-0.2, -0.15) is 0 Å². The van der Waals surface area contributed by atoms with E-state index < -0.39 is 0 Å². The van der Waals surface area contributed by atoms with E-state index in [9.17, 15) is 4.79 Å². The summed E-state index contributed by atoms with van der Waals surface area (Å²) in [4.78, 5) is 15.9. The Labute approximate surface area is 136 Å². The Kier molecular flexibility index (Phi) is 4.17. The number of hydrogen-bond donors (Lipinski definition) is 2. The quantitative estimate of drug-likeness (QED) is 0.860. The molecule has 3 rings (SSSR count). The van der Waals surface area contributed by atoms with Gasteiger partial charge in [-0.1, -0.05) is 0 Å². The summed E-state index contributed by atoms with van der Waals surface area (Å²) in [6.07, 6.45) is 0. The van der Waals surface area contributed by atoms with E-state index in [4.69, 9.17) is 0 Å². The normalized spacial score (nSPS) is 14.4. The number of amides is 2. The first-order chi connectivity index (χ1) is 10.1. The summed E-state index contributed by atoms with van der Waals surface area (Å²) in [5.41, 5.74) is 1.99. The molecule has 2 amide bonds. The van der Waals surface area contributed by atoms with Gasteiger partial charge < -0.3 is 10.6 Å². The highest BCUT2D eigenvalue weighted by atomic mass is 79.9. The smallest absolute Gasteiger partial charge is 0.321 e. The van der Waals surface area contributed by atoms with Crippen molar-refractivity contribution in [2.75, 3.05) is 23.3 Å². The maximum Gasteiger partial charge on any atom is 0.321 e. The van der Waals surface area contributed by atoms with E-state index in [0.29, 0.717) is 6.54 Å². The first kappa shape index (κ1) is 14.4. The van der Waals surface area contributed by atoms with Crippen LogP contribution in [-0.2, 0) is 6.54 Å². The van der Waals surface area contributed by atoms with Crippen molar-refractivity contribution in [1.29, 1.82) is 0 Å². The summed E-state index contributed by atoms with van der Waals surface area (Å²) in [6.45, 7) is 4.36. The molecule has 21 heavy (non-hydrogen) atoms. The Bertz CT molecular complexity index is 634. The summed E-state index contributed by atoms with van der Waals surface area (Å²) >= 11 is 5.32. The monoisotopic (exact) mass is 365 g/mol. The van der Waals surface area contributed by atoms with Gasteiger partial charge in [-0.25, -0.2) is 4.79 Å². The summed E-state index contributed by atoms with van der Waals surface area (Å²) < 4.78 is 1.17. The van der Waals surface area contributed by atoms with Gasteiger partial charge in [0, 0.05) is 45.2 Å². The average Bonchev–Trinajstić information content (AvgIpc) is 3.04. The van der Waals surface area contributed by atoms with Crippen LogP contribution in [0.2, 0.25) is 0 Å². The molecule has 1 aliphatic rings. The molecule has 0 bridgehead atoms. The van der Waals surface area contributed by atoms with E-state index in [1.807, 2.05) is 24.3 Å². The number of urea groups is 1. The lowest BCUT2D eigenvalue weighted by Crippen LogP contribution is -2.27. The molecule has 1 saturated heterocycles. The third-order valence-electron chi connectivity index (χ3n) is 3.41. The number of anilines is 2. The van der Waals surface area contributed by atoms with E-state index in [1.54, 1.807) is 16.2 Å². The summed E-state index contributed by atoms with van der Waals surface area (Å²) in [7, 11) is 0. The number of thiophene rings is 1. The number of rotatable bonds is 4. The SMILES string of the molecule is Cc1sc(CNc2ccc(N3CCNC3=O)cc2)cc1Br. The van der Waals surface area contributed by atoms with Crippen molar-refractivity contribution in [2.45, 2.75) is 13.5 Å². The number of hydrogen-bond acceptors (Lipinski definition) is 3. The first-order valence-corrected chi connectivity index (χ1v) is 8.38. The van der Waals surface area contributed by atoms with Crippen molar-refractivity contribution in [3.8, 4) is 0 Å². The van der Waals surface area contributed by atoms with E-state index >= 15 is 0 Å². The number of nitrogens with zero attached hydrogens (tertiary/aromatic N) is 1. The third kappa shape index (κ3) is 3.22. The predicted molar refractivity (Wildman–Crippen MR) is 91.3 cm³/mol. The third-order valence-corrected chi connectivity index (χ3v) is 5.55. The van der Waals surface area contributed by atoms with Crippen LogP contribution in [0, 0.1) is 6.92 Å². The highest BCUT2D eigenvalue weighted by Gasteiger charge is 2.20. The Hall–Kier alpha value is -1.53. The molecule has 0 spiro atoms. The molecule has 2 aromatic rings. The molecule has 0 radical (unpaired) electrons. The maximum absolute atomic E-state index is 11.6. The zero-order valence-corrected chi connectivity index (χ0v) is 14.1. The fourth-order valence-corrected chi connectivity index (χ4v) is 3.81. The van der Waals surface area contributed by atoms with Crippen LogP contribution >= 0.6 is 27.3 Å². The number of aryl methyl sites for hydroxylation is 1. The fraction of sp³-hybridized carbons (Fsp3) is 0.267. The standard InChI is InChI=1S/C15H16BrN3OS/c1-10-14(16)8-13(21-10)9-18-11-2-4-12(5-3-11)19-7-6-17-15(19)20/h2-5,8,18H,6-7,9H2,1H3,(H,17,20). The molecule has 0 aliphatic carbocycles. The van der Waals surface area contributed by atoms with E-state index in [2.05, 4.69) is 39.6 Å². The second-order valence-corrected chi connectivity index (χ2v) is 7.10. The lowest BCUT2D eigenvalue weighted by atomic mass is 10.2. The molecule has 1 aromatic carbocycles. The summed E-state index contributed by atoms with van der Waals surface area (Å²) in [5, 5.41) is 6.21. The molecule has 1 fully saturated rings. The molecule has 2 heterocycles. The summed E-state index contributed by atoms with van der Waals surface area (Å²) in [6, 6.07) is 10.1. The lowest BCUT2D eigenvalue weighted by Gasteiger charge is -2.14. The second kappa shape index (κ2) is 6.07. The number of nitrogens with one attached hydrogen (secondary N) is 2. The van der Waals surface area contributed by atoms with E-state index in [1.165, 1.54) is 14.2 Å². The van der Waals surface area contributed by atoms with Crippen LogP contribution < -0.4 is 15.5 Å². The van der Waals surface area contributed by atoms with Gasteiger partial charge in [0.25, 0.3) is 0 Å². The topological polar surface area (TPSA) is 44.4 Å². The van der Waals surface area contributed by atoms with Crippen molar-refractivity contribution >= 4 is 44.7 Å². The van der Waals surface area contributed by atoms with E-state index in [-0.39, 0.29) is 6.03 Å². The molecule has 0 atom stereocenters. The van der Waals surface area contributed by atoms with Crippen LogP contribution in [0.1, 0.15) is 9.75 Å². The Morgan fingerprint density at radius 3 is 2.71 bits per heavy atom. The molecular formula is C15H16BrN3OS. The van der Waals surface area contributed by atoms with Gasteiger partial charge in [0.2, 0.25) is 0 Å². The van der Waals surface area contributed by atoms with Gasteiger partial charge in [-0.3, -0.25) is 4.90 Å². The predicted octanol–water partition coefficient (Wildman–Crippen LogP) is 3.96. The zero-order chi connectivity index (χ0) is 14.8. The largest absolute Gasteiger partial charge is 0.380 e. The van der Waals surface area contributed by atoms with Crippen molar-refractivity contribution in [3.63, 3.8) is 0 Å². The van der Waals surface area contributed by atoms with E-state index in [0.717, 1.165) is 24.5 Å². The van der Waals surface area contributed by atoms with Crippen LogP contribution in [-0.4, -0.2) is 19.1 Å². The number of carbonyl (C=O) groups excluding carboxylic acids is 1. The van der Waals surface area contributed by atoms with Gasteiger partial charge >= 0.3 is 6.03 Å². The van der Waals surface area contributed by atoms with Gasteiger partial charge in [-0.15, -0.1) is 11.3 Å². The maximum atomic E-state index is 11.6. The number of halogens is 1. The Morgan fingerprint density at radius 1 is 1.38 bits per heavy atom. The minimum Gasteiger partial charge on any atom is -0.380 e. The van der Waals surface area contributed by atoms with Gasteiger partial charge in [0.15, 0.2) is 0 Å². The molecule has 1 aromatic heterocycles. The molecule has 0 unspecified atom stereocenters. The molecule has 110 valence electrons. The average molecular weight is 366 g/mol. The van der Waals surface area contributed by atoms with Crippen molar-refractivity contribution in [1.82, 2.24) is 5.32 Å². The Balaban J connectivity index is 1.63. The Morgan fingerprint density at radius 2 is 2.14 bits per heavy atom. The minimum atomic E-state index is -0.0189. The highest BCUT2D eigenvalue weighted by Crippen LogP contribution is 2.27. The van der Waals surface area contributed by atoms with Gasteiger partial charge in [-0.05, 0) is 53.2 Å². The van der Waals surface area contributed by atoms with Crippen LogP contribution in [0.15, 0.2) is 34.8 Å². The van der Waals surface area contributed by atoms with Crippen molar-refractivity contribution < 1.29 is 4.79 Å². The van der Waals surface area contributed by atoms with Crippen LogP contribution in [0.3, 0.4) is 0 Å². The fourth-order valence-electron chi connectivity index (χ4n) is 2.27. The molecule has 2 N–H and O–H groups in total. The molecule has 1 aliphatic heterocycles. The van der Waals surface area contributed by atoms with Gasteiger partial charge in [0.05, 0.1) is 0 Å². The molecule has 0 saturated carbocycles. The van der Waals surface area contributed by atoms with Crippen LogP contribution in [0.25, 0.3) is 0 Å². The van der Waals surface area contributed by atoms with Crippen molar-refractivity contribution in [2.24, 2.45) is 0 Å². The highest BCUT2D eigenvalue weighted by molar-refractivity contribution is 9.10. The summed E-state index contributed by atoms with van der Waals surface area (Å²) in [5.74, 6) is 0. The zero-order valence-electron chi connectivity index (χ0n) is 11.6.